The summed E-state index contributed by atoms with van der Waals surface area (Å²) in [6, 6.07) is 1.92. The van der Waals surface area contributed by atoms with Gasteiger partial charge < -0.3 is 10.1 Å². The number of ether oxygens (including phenoxy) is 1. The predicted octanol–water partition coefficient (Wildman–Crippen LogP) is 2.13. The number of carbonyl (C=O) groups excluding carboxylic acids is 1. The van der Waals surface area contributed by atoms with E-state index in [0.29, 0.717) is 11.5 Å². The second-order valence-corrected chi connectivity index (χ2v) is 6.43. The number of alkyl halides is 2. The average Bonchev–Trinajstić information content (AvgIpc) is 2.77. The van der Waals surface area contributed by atoms with Crippen molar-refractivity contribution in [3.63, 3.8) is 0 Å². The molecule has 0 bridgehead atoms. The third kappa shape index (κ3) is 3.32. The Hall–Kier alpha value is -2.25. The Morgan fingerprint density at radius 1 is 1.46 bits per heavy atom. The van der Waals surface area contributed by atoms with Crippen LogP contribution in [0.25, 0.3) is 11.0 Å². The van der Waals surface area contributed by atoms with E-state index in [1.807, 2.05) is 19.9 Å². The Balaban J connectivity index is 1.59. The first-order chi connectivity index (χ1) is 11.2. The Bertz CT molecular complexity index is 780. The number of carbonyl (C=O) groups is 1. The molecule has 0 saturated heterocycles. The molecule has 8 heteroatoms. The van der Waals surface area contributed by atoms with Crippen molar-refractivity contribution < 1.29 is 18.3 Å². The standard InChI is InChI=1S/C16H20F2N4O2/c1-9-4-10(2)20-14-13(9)15(21-22(14)3)24-8-12(23)19-7-11-5-16(17,18)6-11/h4,11H,5-8H2,1-3H3,(H,19,23). The largest absolute Gasteiger partial charge is 0.466 e. The number of nitrogens with zero attached hydrogens (tertiary/aromatic N) is 3. The van der Waals surface area contributed by atoms with Gasteiger partial charge in [-0.3, -0.25) is 4.79 Å². The quantitative estimate of drug-likeness (QED) is 0.907. The summed E-state index contributed by atoms with van der Waals surface area (Å²) in [4.78, 5) is 16.3. The van der Waals surface area contributed by atoms with Gasteiger partial charge in [0.15, 0.2) is 12.3 Å². The smallest absolute Gasteiger partial charge is 0.258 e. The zero-order valence-electron chi connectivity index (χ0n) is 13.9. The van der Waals surface area contributed by atoms with Crippen LogP contribution in [0.4, 0.5) is 8.78 Å². The molecule has 1 N–H and O–H groups in total. The number of hydrogen-bond acceptors (Lipinski definition) is 4. The lowest BCUT2D eigenvalue weighted by Crippen LogP contribution is -2.43. The summed E-state index contributed by atoms with van der Waals surface area (Å²) in [5.41, 5.74) is 2.54. The highest BCUT2D eigenvalue weighted by Gasteiger charge is 2.44. The molecular formula is C16H20F2N4O2. The molecule has 1 amide bonds. The first-order valence-electron chi connectivity index (χ1n) is 7.83. The monoisotopic (exact) mass is 338 g/mol. The average molecular weight is 338 g/mol. The van der Waals surface area contributed by atoms with E-state index in [2.05, 4.69) is 15.4 Å². The molecule has 2 heterocycles. The van der Waals surface area contributed by atoms with Gasteiger partial charge in [-0.15, -0.1) is 5.10 Å². The molecule has 0 aliphatic heterocycles. The number of aryl methyl sites for hydroxylation is 3. The fourth-order valence-electron chi connectivity index (χ4n) is 3.02. The van der Waals surface area contributed by atoms with Crippen LogP contribution >= 0.6 is 0 Å². The van der Waals surface area contributed by atoms with Crippen LogP contribution in [-0.4, -0.2) is 39.7 Å². The van der Waals surface area contributed by atoms with Gasteiger partial charge >= 0.3 is 0 Å². The lowest BCUT2D eigenvalue weighted by Gasteiger charge is -2.34. The summed E-state index contributed by atoms with van der Waals surface area (Å²) in [6.45, 7) is 3.88. The van der Waals surface area contributed by atoms with E-state index in [1.54, 1.807) is 11.7 Å². The van der Waals surface area contributed by atoms with Gasteiger partial charge in [0.25, 0.3) is 5.91 Å². The van der Waals surface area contributed by atoms with Gasteiger partial charge in [0, 0.05) is 32.1 Å². The summed E-state index contributed by atoms with van der Waals surface area (Å²) in [5, 5.41) is 7.65. The molecule has 1 fully saturated rings. The number of pyridine rings is 1. The van der Waals surface area contributed by atoms with Gasteiger partial charge in [-0.2, -0.15) is 0 Å². The highest BCUT2D eigenvalue weighted by atomic mass is 19.3. The van der Waals surface area contributed by atoms with Gasteiger partial charge in [-0.25, -0.2) is 18.4 Å². The Morgan fingerprint density at radius 3 is 2.83 bits per heavy atom. The summed E-state index contributed by atoms with van der Waals surface area (Å²) in [5.74, 6) is -2.72. The van der Waals surface area contributed by atoms with Crippen LogP contribution in [0, 0.1) is 19.8 Å². The van der Waals surface area contributed by atoms with Crippen molar-refractivity contribution in [2.24, 2.45) is 13.0 Å². The van der Waals surface area contributed by atoms with Gasteiger partial charge in [0.1, 0.15) is 0 Å². The fraction of sp³-hybridized carbons (Fsp3) is 0.562. The van der Waals surface area contributed by atoms with Crippen LogP contribution in [0.5, 0.6) is 5.88 Å². The van der Waals surface area contributed by atoms with E-state index in [9.17, 15) is 13.6 Å². The van der Waals surface area contributed by atoms with Crippen molar-refractivity contribution in [2.75, 3.05) is 13.2 Å². The third-order valence-electron chi connectivity index (χ3n) is 4.19. The molecule has 0 unspecified atom stereocenters. The molecule has 1 saturated carbocycles. The molecule has 24 heavy (non-hydrogen) atoms. The molecule has 0 spiro atoms. The third-order valence-corrected chi connectivity index (χ3v) is 4.19. The van der Waals surface area contributed by atoms with Gasteiger partial charge in [0.2, 0.25) is 11.8 Å². The zero-order valence-corrected chi connectivity index (χ0v) is 13.9. The minimum atomic E-state index is -2.57. The molecule has 2 aromatic rings. The van der Waals surface area contributed by atoms with Gasteiger partial charge in [-0.05, 0) is 31.4 Å². The maximum absolute atomic E-state index is 12.7. The maximum atomic E-state index is 12.7. The van der Waals surface area contributed by atoms with Gasteiger partial charge in [-0.1, -0.05) is 0 Å². The first-order valence-corrected chi connectivity index (χ1v) is 7.83. The second-order valence-electron chi connectivity index (χ2n) is 6.43. The number of nitrogens with one attached hydrogen (secondary N) is 1. The number of amides is 1. The van der Waals surface area contributed by atoms with Crippen molar-refractivity contribution in [1.29, 1.82) is 0 Å². The van der Waals surface area contributed by atoms with Crippen LogP contribution in [-0.2, 0) is 11.8 Å². The molecule has 1 aliphatic rings. The molecule has 0 aromatic carbocycles. The van der Waals surface area contributed by atoms with E-state index in [1.165, 1.54) is 0 Å². The number of fused-ring (bicyclic) bond motifs is 1. The SMILES string of the molecule is Cc1cc(C)c2c(OCC(=O)NCC3CC(F)(F)C3)nn(C)c2n1. The molecule has 1 aliphatic carbocycles. The van der Waals surface area contributed by atoms with E-state index in [4.69, 9.17) is 4.74 Å². The Labute approximate surface area is 138 Å². The summed E-state index contributed by atoms with van der Waals surface area (Å²) in [7, 11) is 1.76. The predicted molar refractivity (Wildman–Crippen MR) is 84.2 cm³/mol. The maximum Gasteiger partial charge on any atom is 0.258 e. The number of rotatable bonds is 5. The number of halogens is 2. The van der Waals surface area contributed by atoms with Crippen molar-refractivity contribution in [3.8, 4) is 5.88 Å². The van der Waals surface area contributed by atoms with Crippen LogP contribution in [0.15, 0.2) is 6.07 Å². The molecule has 6 nitrogen and oxygen atoms in total. The van der Waals surface area contributed by atoms with Crippen molar-refractivity contribution >= 4 is 16.9 Å². The highest BCUT2D eigenvalue weighted by molar-refractivity contribution is 5.85. The first kappa shape index (κ1) is 16.6. The van der Waals surface area contributed by atoms with E-state index < -0.39 is 5.92 Å². The normalized spacial score (nSPS) is 16.9. The van der Waals surface area contributed by atoms with E-state index >= 15 is 0 Å². The van der Waals surface area contributed by atoms with E-state index in [-0.39, 0.29) is 37.8 Å². The lowest BCUT2D eigenvalue weighted by molar-refractivity contribution is -0.127. The van der Waals surface area contributed by atoms with Crippen LogP contribution in [0.3, 0.4) is 0 Å². The van der Waals surface area contributed by atoms with Crippen molar-refractivity contribution in [2.45, 2.75) is 32.6 Å². The molecule has 3 rings (SSSR count). The topological polar surface area (TPSA) is 69.0 Å². The van der Waals surface area contributed by atoms with Crippen LogP contribution < -0.4 is 10.1 Å². The van der Waals surface area contributed by atoms with Crippen molar-refractivity contribution in [3.05, 3.63) is 17.3 Å². The minimum Gasteiger partial charge on any atom is -0.466 e. The van der Waals surface area contributed by atoms with E-state index in [0.717, 1.165) is 16.6 Å². The Morgan fingerprint density at radius 2 is 2.17 bits per heavy atom. The molecule has 0 radical (unpaired) electrons. The molecule has 0 atom stereocenters. The summed E-state index contributed by atoms with van der Waals surface area (Å²) >= 11 is 0. The number of hydrogen-bond donors (Lipinski definition) is 1. The van der Waals surface area contributed by atoms with Gasteiger partial charge in [0.05, 0.1) is 5.39 Å². The molecule has 130 valence electrons. The minimum absolute atomic E-state index is 0.158. The fourth-order valence-corrected chi connectivity index (χ4v) is 3.02. The summed E-state index contributed by atoms with van der Waals surface area (Å²) < 4.78 is 32.6. The summed E-state index contributed by atoms with van der Waals surface area (Å²) in [6.07, 6.45) is -0.327. The number of aromatic nitrogens is 3. The zero-order chi connectivity index (χ0) is 17.5. The van der Waals surface area contributed by atoms with Crippen LogP contribution in [0.2, 0.25) is 0 Å². The van der Waals surface area contributed by atoms with Crippen molar-refractivity contribution in [1.82, 2.24) is 20.1 Å². The Kier molecular flexibility index (Phi) is 4.15. The van der Waals surface area contributed by atoms with Crippen LogP contribution in [0.1, 0.15) is 24.1 Å². The lowest BCUT2D eigenvalue weighted by atomic mass is 9.81. The molecule has 2 aromatic heterocycles. The second kappa shape index (κ2) is 5.99. The highest BCUT2D eigenvalue weighted by Crippen LogP contribution is 2.41. The molecular weight excluding hydrogens is 318 g/mol.